The smallest absolute Gasteiger partial charge is 0.331 e. The van der Waals surface area contributed by atoms with Gasteiger partial charge in [0, 0.05) is 5.57 Å². The van der Waals surface area contributed by atoms with Crippen molar-refractivity contribution in [3.63, 3.8) is 0 Å². The Morgan fingerprint density at radius 2 is 2.13 bits per heavy atom. The number of carboxylic acids is 1. The van der Waals surface area contributed by atoms with Crippen LogP contribution in [0.15, 0.2) is 10.4 Å². The van der Waals surface area contributed by atoms with Crippen molar-refractivity contribution in [3.05, 3.63) is 31.7 Å². The van der Waals surface area contributed by atoms with Gasteiger partial charge in [0.1, 0.15) is 5.15 Å². The number of carbonyl (C=O) groups is 1. The summed E-state index contributed by atoms with van der Waals surface area (Å²) in [5.41, 5.74) is -0.651. The number of hydrogen-bond acceptors (Lipinski definition) is 3. The van der Waals surface area contributed by atoms with E-state index in [1.165, 1.54) is 6.92 Å². The second-order valence-corrected chi connectivity index (χ2v) is 3.44. The summed E-state index contributed by atoms with van der Waals surface area (Å²) in [7, 11) is 0. The summed E-state index contributed by atoms with van der Waals surface area (Å²) >= 11 is 11.1. The van der Waals surface area contributed by atoms with Crippen molar-refractivity contribution in [1.29, 1.82) is 0 Å². The molecular weight excluding hydrogens is 243 g/mol. The normalized spacial score (nSPS) is 11.5. The highest BCUT2D eigenvalue weighted by atomic mass is 35.5. The molecule has 7 heteroatoms. The second-order valence-electron chi connectivity index (χ2n) is 2.70. The van der Waals surface area contributed by atoms with Gasteiger partial charge in [-0.1, -0.05) is 23.2 Å². The van der Waals surface area contributed by atoms with E-state index in [0.29, 0.717) is 0 Å². The van der Waals surface area contributed by atoms with Gasteiger partial charge < -0.3 is 5.11 Å². The average molecular weight is 249 g/mol. The second kappa shape index (κ2) is 4.46. The Balaban J connectivity index is 3.39. The maximum absolute atomic E-state index is 11.4. The van der Waals surface area contributed by atoms with E-state index in [1.54, 1.807) is 0 Å². The first-order valence-electron chi connectivity index (χ1n) is 3.78. The van der Waals surface area contributed by atoms with Gasteiger partial charge in [-0.05, 0) is 13.0 Å². The maximum atomic E-state index is 11.4. The molecule has 0 radical (unpaired) electrons. The molecule has 0 aliphatic carbocycles. The zero-order valence-electron chi connectivity index (χ0n) is 7.54. The molecule has 0 spiro atoms. The van der Waals surface area contributed by atoms with E-state index in [1.807, 2.05) is 0 Å². The van der Waals surface area contributed by atoms with Gasteiger partial charge in [0.25, 0.3) is 0 Å². The van der Waals surface area contributed by atoms with Crippen molar-refractivity contribution < 1.29 is 9.90 Å². The van der Waals surface area contributed by atoms with E-state index in [-0.39, 0.29) is 21.4 Å². The molecule has 1 heterocycles. The van der Waals surface area contributed by atoms with Crippen LogP contribution in [0.5, 0.6) is 0 Å². The molecule has 0 aliphatic heterocycles. The Morgan fingerprint density at radius 3 is 2.67 bits per heavy atom. The van der Waals surface area contributed by atoms with E-state index in [4.69, 9.17) is 28.3 Å². The monoisotopic (exact) mass is 248 g/mol. The van der Waals surface area contributed by atoms with Gasteiger partial charge in [0.15, 0.2) is 5.15 Å². The highest BCUT2D eigenvalue weighted by Crippen LogP contribution is 2.13. The van der Waals surface area contributed by atoms with Crippen LogP contribution in [0.1, 0.15) is 12.5 Å². The molecule has 0 saturated carbocycles. The Bertz CT molecular complexity index is 493. The summed E-state index contributed by atoms with van der Waals surface area (Å²) in [5.74, 6) is -1.14. The van der Waals surface area contributed by atoms with Crippen LogP contribution < -0.4 is 5.43 Å². The average Bonchev–Trinajstić information content (AvgIpc) is 2.18. The van der Waals surface area contributed by atoms with Crippen molar-refractivity contribution in [3.8, 4) is 0 Å². The summed E-state index contributed by atoms with van der Waals surface area (Å²) in [6.45, 7) is 1.34. The molecule has 0 aromatic carbocycles. The molecule has 2 N–H and O–H groups in total. The first-order valence-corrected chi connectivity index (χ1v) is 4.54. The predicted molar refractivity (Wildman–Crippen MR) is 56.2 cm³/mol. The molecule has 80 valence electrons. The lowest BCUT2D eigenvalue weighted by Gasteiger charge is -1.98. The summed E-state index contributed by atoms with van der Waals surface area (Å²) in [6, 6.07) is 0. The molecule has 0 saturated heterocycles. The molecule has 15 heavy (non-hydrogen) atoms. The molecule has 0 unspecified atom stereocenters. The van der Waals surface area contributed by atoms with Crippen molar-refractivity contribution in [2.24, 2.45) is 0 Å². The van der Waals surface area contributed by atoms with Crippen LogP contribution in [0.4, 0.5) is 0 Å². The molecule has 0 bridgehead atoms. The lowest BCUT2D eigenvalue weighted by molar-refractivity contribution is -0.132. The minimum atomic E-state index is -1.14. The van der Waals surface area contributed by atoms with Crippen LogP contribution in [0.2, 0.25) is 10.3 Å². The molecule has 1 rings (SSSR count). The van der Waals surface area contributed by atoms with Gasteiger partial charge in [-0.15, -0.1) is 0 Å². The van der Waals surface area contributed by atoms with Gasteiger partial charge in [0.05, 0.1) is 5.56 Å². The van der Waals surface area contributed by atoms with Gasteiger partial charge in [-0.25, -0.2) is 4.79 Å². The van der Waals surface area contributed by atoms with Crippen LogP contribution in [0.3, 0.4) is 0 Å². The minimum Gasteiger partial charge on any atom is -0.478 e. The third kappa shape index (κ3) is 2.57. The molecule has 5 nitrogen and oxygen atoms in total. The number of aliphatic carboxylic acids is 1. The Labute approximate surface area is 94.3 Å². The summed E-state index contributed by atoms with van der Waals surface area (Å²) in [6.07, 6.45) is 1.14. The van der Waals surface area contributed by atoms with Crippen molar-refractivity contribution in [2.75, 3.05) is 0 Å². The number of nitrogens with zero attached hydrogens (tertiary/aromatic N) is 1. The minimum absolute atomic E-state index is 0.0171. The lowest BCUT2D eigenvalue weighted by atomic mass is 10.2. The number of nitrogens with one attached hydrogen (secondary N) is 1. The van der Waals surface area contributed by atoms with Crippen LogP contribution >= 0.6 is 23.2 Å². The number of rotatable bonds is 2. The van der Waals surface area contributed by atoms with Crippen LogP contribution in [0.25, 0.3) is 6.08 Å². The highest BCUT2D eigenvalue weighted by Gasteiger charge is 2.10. The fourth-order valence-corrected chi connectivity index (χ4v) is 1.15. The third-order valence-electron chi connectivity index (χ3n) is 1.62. The van der Waals surface area contributed by atoms with Crippen LogP contribution in [-0.4, -0.2) is 21.3 Å². The van der Waals surface area contributed by atoms with Gasteiger partial charge in [0.2, 0.25) is 5.43 Å². The molecule has 1 aromatic rings. The van der Waals surface area contributed by atoms with E-state index in [2.05, 4.69) is 10.2 Å². The van der Waals surface area contributed by atoms with E-state index in [9.17, 15) is 9.59 Å². The Morgan fingerprint density at radius 1 is 1.53 bits per heavy atom. The zero-order chi connectivity index (χ0) is 11.6. The molecule has 1 aromatic heterocycles. The number of carboxylic acid groups (broad SMARTS) is 1. The van der Waals surface area contributed by atoms with Crippen LogP contribution in [-0.2, 0) is 4.79 Å². The fourth-order valence-electron chi connectivity index (χ4n) is 0.827. The number of halogens is 2. The lowest BCUT2D eigenvalue weighted by Crippen LogP contribution is -2.11. The SMILES string of the molecule is C/C(=C/c1c(Cl)[nH]nc(Cl)c1=O)C(=O)O. The molecule has 0 atom stereocenters. The summed E-state index contributed by atoms with van der Waals surface area (Å²) < 4.78 is 0. The maximum Gasteiger partial charge on any atom is 0.331 e. The quantitative estimate of drug-likeness (QED) is 0.779. The summed E-state index contributed by atoms with van der Waals surface area (Å²) in [5, 5.41) is 14.0. The first kappa shape index (κ1) is 11.7. The van der Waals surface area contributed by atoms with Gasteiger partial charge >= 0.3 is 5.97 Å². The highest BCUT2D eigenvalue weighted by molar-refractivity contribution is 6.32. The number of H-pyrrole nitrogens is 1. The molecule has 0 amide bonds. The standard InChI is InChI=1S/C8H6Cl2N2O3/c1-3(8(14)15)2-4-5(13)7(10)12-11-6(4)9/h2H,1H3,(H,11,13)(H,14,15)/b3-2-. The third-order valence-corrected chi connectivity index (χ3v) is 2.16. The topological polar surface area (TPSA) is 83.0 Å². The largest absolute Gasteiger partial charge is 0.478 e. The number of hydrogen-bond donors (Lipinski definition) is 2. The molecule has 0 aliphatic rings. The number of aromatic amines is 1. The van der Waals surface area contributed by atoms with Crippen molar-refractivity contribution >= 4 is 35.2 Å². The Kier molecular flexibility index (Phi) is 3.49. The first-order chi connectivity index (χ1) is 6.93. The van der Waals surface area contributed by atoms with Gasteiger partial charge in [-0.2, -0.15) is 5.10 Å². The van der Waals surface area contributed by atoms with Crippen LogP contribution in [0, 0.1) is 0 Å². The predicted octanol–water partition coefficient (Wildman–Crippen LogP) is 1.56. The fraction of sp³-hybridized carbons (Fsp3) is 0.125. The van der Waals surface area contributed by atoms with E-state index in [0.717, 1.165) is 6.08 Å². The van der Waals surface area contributed by atoms with E-state index >= 15 is 0 Å². The molecule has 0 fully saturated rings. The molecular formula is C8H6Cl2N2O3. The van der Waals surface area contributed by atoms with Crippen molar-refractivity contribution in [1.82, 2.24) is 10.2 Å². The zero-order valence-corrected chi connectivity index (χ0v) is 9.06. The number of aromatic nitrogens is 2. The Hall–Kier alpha value is -1.33. The van der Waals surface area contributed by atoms with Crippen molar-refractivity contribution in [2.45, 2.75) is 6.92 Å². The van der Waals surface area contributed by atoms with Gasteiger partial charge in [-0.3, -0.25) is 9.89 Å². The van der Waals surface area contributed by atoms with E-state index < -0.39 is 11.4 Å². The summed E-state index contributed by atoms with van der Waals surface area (Å²) in [4.78, 5) is 22.0.